The second kappa shape index (κ2) is 5.48. The largest absolute Gasteiger partial charge is 0.480 e. The molecule has 0 spiro atoms. The molecule has 1 aromatic heterocycles. The summed E-state index contributed by atoms with van der Waals surface area (Å²) in [6, 6.07) is -0.0844. The molecule has 0 saturated carbocycles. The number of hydrogen-bond acceptors (Lipinski definition) is 4. The lowest BCUT2D eigenvalue weighted by molar-refractivity contribution is -0.143. The van der Waals surface area contributed by atoms with E-state index in [1.165, 1.54) is 6.92 Å². The van der Waals surface area contributed by atoms with Crippen molar-refractivity contribution in [3.63, 3.8) is 0 Å². The zero-order chi connectivity index (χ0) is 13.9. The number of carboxylic acids is 1. The van der Waals surface area contributed by atoms with Gasteiger partial charge in [0.2, 0.25) is 0 Å². The molecule has 102 valence electrons. The maximum atomic E-state index is 11.0. The molecule has 6 nitrogen and oxygen atoms in total. The Morgan fingerprint density at radius 1 is 1.50 bits per heavy atom. The molecule has 2 unspecified atom stereocenters. The maximum absolute atomic E-state index is 11.0. The molecule has 0 amide bonds. The first-order valence-electron chi connectivity index (χ1n) is 6.28. The number of nitrogens with two attached hydrogens (primary N) is 1. The fraction of sp³-hybridized carbons (Fsp3) is 0.750. The Labute approximate surface area is 107 Å². The number of hydrogen-bond donors (Lipinski definition) is 2. The molecule has 1 aromatic rings. The third-order valence-electron chi connectivity index (χ3n) is 3.00. The van der Waals surface area contributed by atoms with Crippen molar-refractivity contribution in [1.29, 1.82) is 0 Å². The molecule has 0 aliphatic heterocycles. The van der Waals surface area contributed by atoms with E-state index in [9.17, 15) is 4.79 Å². The molecule has 0 aliphatic rings. The molecule has 1 heterocycles. The molecule has 0 bridgehead atoms. The highest BCUT2D eigenvalue weighted by Gasteiger charge is 2.31. The maximum Gasteiger partial charge on any atom is 0.323 e. The van der Waals surface area contributed by atoms with E-state index in [0.29, 0.717) is 6.42 Å². The van der Waals surface area contributed by atoms with Gasteiger partial charge in [0.1, 0.15) is 11.4 Å². The third kappa shape index (κ3) is 3.07. The fourth-order valence-electron chi connectivity index (χ4n) is 1.94. The summed E-state index contributed by atoms with van der Waals surface area (Å²) in [7, 11) is 0. The average molecular weight is 254 g/mol. The highest BCUT2D eigenvalue weighted by Crippen LogP contribution is 2.20. The Hall–Kier alpha value is -1.43. The van der Waals surface area contributed by atoms with Crippen molar-refractivity contribution < 1.29 is 9.90 Å². The Kier molecular flexibility index (Phi) is 4.45. The minimum absolute atomic E-state index is 0.0844. The van der Waals surface area contributed by atoms with Crippen LogP contribution in [0.5, 0.6) is 0 Å². The van der Waals surface area contributed by atoms with Crippen LogP contribution in [0.25, 0.3) is 0 Å². The highest BCUT2D eigenvalue weighted by atomic mass is 16.4. The van der Waals surface area contributed by atoms with Crippen LogP contribution in [-0.2, 0) is 17.6 Å². The molecular weight excluding hydrogens is 232 g/mol. The van der Waals surface area contributed by atoms with Crippen molar-refractivity contribution in [3.8, 4) is 0 Å². The predicted molar refractivity (Wildman–Crippen MR) is 68.3 cm³/mol. The molecule has 0 aromatic carbocycles. The molecule has 0 radical (unpaired) electrons. The van der Waals surface area contributed by atoms with Gasteiger partial charge in [-0.2, -0.15) is 5.10 Å². The number of aliphatic carboxylic acids is 1. The quantitative estimate of drug-likeness (QED) is 0.794. The first-order chi connectivity index (χ1) is 8.31. The van der Waals surface area contributed by atoms with Crippen molar-refractivity contribution in [2.45, 2.75) is 58.5 Å². The van der Waals surface area contributed by atoms with Gasteiger partial charge in [-0.1, -0.05) is 13.8 Å². The molecule has 2 atom stereocenters. The number of nitrogens with zero attached hydrogens (tertiary/aromatic N) is 3. The number of aromatic nitrogens is 3. The summed E-state index contributed by atoms with van der Waals surface area (Å²) < 4.78 is 1.80. The van der Waals surface area contributed by atoms with Crippen LogP contribution in [0, 0.1) is 0 Å². The monoisotopic (exact) mass is 254 g/mol. The van der Waals surface area contributed by atoms with Gasteiger partial charge < -0.3 is 10.8 Å². The van der Waals surface area contributed by atoms with Gasteiger partial charge in [-0.3, -0.25) is 4.79 Å². The van der Waals surface area contributed by atoms with Gasteiger partial charge in [-0.15, -0.1) is 0 Å². The average Bonchev–Trinajstić information content (AvgIpc) is 2.71. The van der Waals surface area contributed by atoms with Crippen LogP contribution in [-0.4, -0.2) is 31.4 Å². The first kappa shape index (κ1) is 14.6. The molecule has 3 N–H and O–H groups in total. The second-order valence-electron chi connectivity index (χ2n) is 4.87. The van der Waals surface area contributed by atoms with Crippen LogP contribution in [0.4, 0.5) is 0 Å². The SMILES string of the molecule is CCc1nc(CC)n(C(C)CC(C)(N)C(=O)O)n1. The van der Waals surface area contributed by atoms with Crippen LogP contribution in [0.2, 0.25) is 0 Å². The third-order valence-corrected chi connectivity index (χ3v) is 3.00. The normalized spacial score (nSPS) is 16.3. The van der Waals surface area contributed by atoms with Gasteiger partial charge in [-0.05, 0) is 20.3 Å². The van der Waals surface area contributed by atoms with E-state index in [4.69, 9.17) is 10.8 Å². The van der Waals surface area contributed by atoms with E-state index in [0.717, 1.165) is 24.5 Å². The summed E-state index contributed by atoms with van der Waals surface area (Å²) in [4.78, 5) is 15.4. The van der Waals surface area contributed by atoms with Gasteiger partial charge in [0.05, 0.1) is 6.04 Å². The van der Waals surface area contributed by atoms with E-state index in [1.807, 2.05) is 20.8 Å². The number of aryl methyl sites for hydroxylation is 2. The van der Waals surface area contributed by atoms with Gasteiger partial charge in [0.25, 0.3) is 0 Å². The van der Waals surface area contributed by atoms with Crippen molar-refractivity contribution in [2.75, 3.05) is 0 Å². The fourth-order valence-corrected chi connectivity index (χ4v) is 1.94. The zero-order valence-corrected chi connectivity index (χ0v) is 11.5. The van der Waals surface area contributed by atoms with Gasteiger partial charge in [-0.25, -0.2) is 9.67 Å². The van der Waals surface area contributed by atoms with E-state index in [-0.39, 0.29) is 6.04 Å². The van der Waals surface area contributed by atoms with Crippen molar-refractivity contribution >= 4 is 5.97 Å². The molecule has 0 saturated heterocycles. The summed E-state index contributed by atoms with van der Waals surface area (Å²) in [5, 5.41) is 13.4. The first-order valence-corrected chi connectivity index (χ1v) is 6.28. The summed E-state index contributed by atoms with van der Waals surface area (Å²) in [6.07, 6.45) is 1.86. The minimum atomic E-state index is -1.25. The smallest absolute Gasteiger partial charge is 0.323 e. The molecule has 6 heteroatoms. The number of carbonyl (C=O) groups is 1. The van der Waals surface area contributed by atoms with Crippen molar-refractivity contribution in [1.82, 2.24) is 14.8 Å². The van der Waals surface area contributed by atoms with Crippen LogP contribution in [0.3, 0.4) is 0 Å². The Morgan fingerprint density at radius 2 is 2.11 bits per heavy atom. The van der Waals surface area contributed by atoms with Crippen LogP contribution in [0.1, 0.15) is 51.8 Å². The topological polar surface area (TPSA) is 94.0 Å². The lowest BCUT2D eigenvalue weighted by Crippen LogP contribution is -2.46. The van der Waals surface area contributed by atoms with E-state index in [1.54, 1.807) is 4.68 Å². The Bertz CT molecular complexity index is 426. The number of carboxylic acid groups (broad SMARTS) is 1. The van der Waals surface area contributed by atoms with Crippen molar-refractivity contribution in [2.24, 2.45) is 5.73 Å². The van der Waals surface area contributed by atoms with Crippen LogP contribution < -0.4 is 5.73 Å². The van der Waals surface area contributed by atoms with Gasteiger partial charge in [0.15, 0.2) is 5.82 Å². The Morgan fingerprint density at radius 3 is 2.56 bits per heavy atom. The summed E-state index contributed by atoms with van der Waals surface area (Å²) >= 11 is 0. The second-order valence-corrected chi connectivity index (χ2v) is 4.87. The van der Waals surface area contributed by atoms with E-state index < -0.39 is 11.5 Å². The van der Waals surface area contributed by atoms with Gasteiger partial charge in [0, 0.05) is 12.8 Å². The van der Waals surface area contributed by atoms with Crippen LogP contribution >= 0.6 is 0 Å². The molecule has 0 aliphatic carbocycles. The number of rotatable bonds is 6. The van der Waals surface area contributed by atoms with E-state index >= 15 is 0 Å². The van der Waals surface area contributed by atoms with Crippen molar-refractivity contribution in [3.05, 3.63) is 11.6 Å². The lowest BCUT2D eigenvalue weighted by Gasteiger charge is -2.24. The lowest BCUT2D eigenvalue weighted by atomic mass is 9.95. The zero-order valence-electron chi connectivity index (χ0n) is 11.5. The minimum Gasteiger partial charge on any atom is -0.480 e. The Balaban J connectivity index is 2.93. The summed E-state index contributed by atoms with van der Waals surface area (Å²) in [5.74, 6) is 0.663. The molecule has 1 rings (SSSR count). The summed E-state index contributed by atoms with van der Waals surface area (Å²) in [6.45, 7) is 7.44. The molecule has 18 heavy (non-hydrogen) atoms. The van der Waals surface area contributed by atoms with Gasteiger partial charge >= 0.3 is 5.97 Å². The molecular formula is C12H22N4O2. The highest BCUT2D eigenvalue weighted by molar-refractivity contribution is 5.77. The predicted octanol–water partition coefficient (Wildman–Crippen LogP) is 1.16. The summed E-state index contributed by atoms with van der Waals surface area (Å²) in [5.41, 5.74) is 4.52. The molecule has 0 fully saturated rings. The van der Waals surface area contributed by atoms with E-state index in [2.05, 4.69) is 10.1 Å². The standard InChI is InChI=1S/C12H22N4O2/c1-5-9-14-10(6-2)16(15-9)8(3)7-12(4,13)11(17)18/h8H,5-7,13H2,1-4H3,(H,17,18). The van der Waals surface area contributed by atoms with Crippen LogP contribution in [0.15, 0.2) is 0 Å².